The van der Waals surface area contributed by atoms with Crippen molar-refractivity contribution in [2.75, 3.05) is 12.4 Å². The van der Waals surface area contributed by atoms with Gasteiger partial charge in [-0.1, -0.05) is 18.6 Å². The third kappa shape index (κ3) is 2.53. The fourth-order valence-electron chi connectivity index (χ4n) is 3.50. The minimum absolute atomic E-state index is 0.123. The van der Waals surface area contributed by atoms with Crippen molar-refractivity contribution in [3.8, 4) is 5.75 Å². The molecule has 0 heterocycles. The number of ether oxygens (including phenoxy) is 1. The molecule has 0 aliphatic heterocycles. The summed E-state index contributed by atoms with van der Waals surface area (Å²) in [7, 11) is 1.61. The van der Waals surface area contributed by atoms with Crippen LogP contribution in [0.5, 0.6) is 5.75 Å². The molecule has 2 aliphatic rings. The maximum absolute atomic E-state index is 12.0. The Morgan fingerprint density at radius 3 is 2.79 bits per heavy atom. The van der Waals surface area contributed by atoms with Gasteiger partial charge in [-0.25, -0.2) is 4.79 Å². The van der Waals surface area contributed by atoms with E-state index in [1.54, 1.807) is 7.11 Å². The van der Waals surface area contributed by atoms with Crippen LogP contribution in [0.3, 0.4) is 0 Å². The van der Waals surface area contributed by atoms with E-state index in [1.807, 2.05) is 24.3 Å². The predicted molar refractivity (Wildman–Crippen MR) is 74.4 cm³/mol. The molecule has 0 radical (unpaired) electrons. The average molecular weight is 260 g/mol. The van der Waals surface area contributed by atoms with Crippen LogP contribution in [0.15, 0.2) is 24.3 Å². The molecule has 2 bridgehead atoms. The summed E-state index contributed by atoms with van der Waals surface area (Å²) in [4.78, 5) is 12.0. The molecule has 19 heavy (non-hydrogen) atoms. The number of hydrogen-bond donors (Lipinski definition) is 2. The van der Waals surface area contributed by atoms with Crippen molar-refractivity contribution >= 4 is 11.7 Å². The Balaban J connectivity index is 1.59. The zero-order chi connectivity index (χ0) is 13.2. The Bertz CT molecular complexity index is 475. The fourth-order valence-corrected chi connectivity index (χ4v) is 3.50. The van der Waals surface area contributed by atoms with Crippen LogP contribution < -0.4 is 15.4 Å². The van der Waals surface area contributed by atoms with E-state index in [0.717, 1.165) is 12.3 Å². The molecular formula is C15H20N2O2. The van der Waals surface area contributed by atoms with Crippen LogP contribution in [-0.4, -0.2) is 19.2 Å². The highest BCUT2D eigenvalue weighted by atomic mass is 16.5. The van der Waals surface area contributed by atoms with Crippen molar-refractivity contribution in [2.24, 2.45) is 11.8 Å². The second kappa shape index (κ2) is 5.11. The predicted octanol–water partition coefficient (Wildman–Crippen LogP) is 3.01. The summed E-state index contributed by atoms with van der Waals surface area (Å²) in [6.45, 7) is 0. The van der Waals surface area contributed by atoms with Gasteiger partial charge in [0.2, 0.25) is 0 Å². The van der Waals surface area contributed by atoms with Gasteiger partial charge in [0, 0.05) is 6.04 Å². The summed E-state index contributed by atoms with van der Waals surface area (Å²) >= 11 is 0. The highest BCUT2D eigenvalue weighted by molar-refractivity contribution is 5.91. The number of amides is 2. The number of urea groups is 1. The van der Waals surface area contributed by atoms with E-state index >= 15 is 0 Å². The number of carbonyl (C=O) groups excluding carboxylic acids is 1. The van der Waals surface area contributed by atoms with Crippen LogP contribution in [0.4, 0.5) is 10.5 Å². The number of hydrogen-bond acceptors (Lipinski definition) is 2. The second-order valence-corrected chi connectivity index (χ2v) is 5.58. The standard InChI is InChI=1S/C15H20N2O2/c1-19-14-5-3-2-4-12(14)16-15(18)17-13-9-10-6-7-11(13)8-10/h2-5,10-11,13H,6-9H2,1H3,(H2,16,17,18)/t10-,11-,13+/m1/s1. The summed E-state index contributed by atoms with van der Waals surface area (Å²) in [5.74, 6) is 2.21. The van der Waals surface area contributed by atoms with E-state index in [1.165, 1.54) is 19.3 Å². The molecule has 4 nitrogen and oxygen atoms in total. The van der Waals surface area contributed by atoms with Gasteiger partial charge in [-0.05, 0) is 43.2 Å². The lowest BCUT2D eigenvalue weighted by atomic mass is 9.95. The molecule has 2 fully saturated rings. The quantitative estimate of drug-likeness (QED) is 0.877. The van der Waals surface area contributed by atoms with E-state index in [9.17, 15) is 4.79 Å². The van der Waals surface area contributed by atoms with Crippen LogP contribution in [0.2, 0.25) is 0 Å². The smallest absolute Gasteiger partial charge is 0.319 e. The monoisotopic (exact) mass is 260 g/mol. The highest BCUT2D eigenvalue weighted by Crippen LogP contribution is 2.44. The van der Waals surface area contributed by atoms with Gasteiger partial charge in [-0.2, -0.15) is 0 Å². The van der Waals surface area contributed by atoms with Gasteiger partial charge in [0.25, 0.3) is 0 Å². The van der Waals surface area contributed by atoms with Gasteiger partial charge in [-0.15, -0.1) is 0 Å². The topological polar surface area (TPSA) is 50.4 Å². The maximum Gasteiger partial charge on any atom is 0.319 e. The molecule has 0 aromatic heterocycles. The Morgan fingerprint density at radius 1 is 1.26 bits per heavy atom. The van der Waals surface area contributed by atoms with Crippen LogP contribution >= 0.6 is 0 Å². The molecule has 3 rings (SSSR count). The molecule has 1 aromatic rings. The molecule has 102 valence electrons. The molecule has 0 unspecified atom stereocenters. The second-order valence-electron chi connectivity index (χ2n) is 5.58. The zero-order valence-electron chi connectivity index (χ0n) is 11.2. The minimum atomic E-state index is -0.123. The van der Waals surface area contributed by atoms with E-state index in [2.05, 4.69) is 10.6 Å². The number of fused-ring (bicyclic) bond motifs is 2. The van der Waals surface area contributed by atoms with E-state index in [-0.39, 0.29) is 6.03 Å². The van der Waals surface area contributed by atoms with E-state index in [0.29, 0.717) is 23.4 Å². The lowest BCUT2D eigenvalue weighted by molar-refractivity contribution is 0.242. The van der Waals surface area contributed by atoms with Gasteiger partial charge < -0.3 is 15.4 Å². The molecule has 2 amide bonds. The van der Waals surface area contributed by atoms with Crippen molar-refractivity contribution in [1.29, 1.82) is 0 Å². The van der Waals surface area contributed by atoms with Crippen LogP contribution in [0, 0.1) is 11.8 Å². The Hall–Kier alpha value is -1.71. The summed E-state index contributed by atoms with van der Waals surface area (Å²) in [6.07, 6.45) is 5.05. The third-order valence-corrected chi connectivity index (χ3v) is 4.41. The largest absolute Gasteiger partial charge is 0.495 e. The van der Waals surface area contributed by atoms with Crippen molar-refractivity contribution in [3.63, 3.8) is 0 Å². The molecule has 3 atom stereocenters. The molecule has 2 N–H and O–H groups in total. The van der Waals surface area contributed by atoms with Gasteiger partial charge in [0.05, 0.1) is 12.8 Å². The Morgan fingerprint density at radius 2 is 2.11 bits per heavy atom. The third-order valence-electron chi connectivity index (χ3n) is 4.41. The molecule has 1 aromatic carbocycles. The lowest BCUT2D eigenvalue weighted by Gasteiger charge is -2.23. The summed E-state index contributed by atoms with van der Waals surface area (Å²) in [6, 6.07) is 7.69. The van der Waals surface area contributed by atoms with E-state index < -0.39 is 0 Å². The van der Waals surface area contributed by atoms with Crippen LogP contribution in [0.1, 0.15) is 25.7 Å². The Labute approximate surface area is 113 Å². The van der Waals surface area contributed by atoms with Crippen LogP contribution in [0.25, 0.3) is 0 Å². The van der Waals surface area contributed by atoms with E-state index in [4.69, 9.17) is 4.74 Å². The first-order valence-corrected chi connectivity index (χ1v) is 6.97. The fraction of sp³-hybridized carbons (Fsp3) is 0.533. The minimum Gasteiger partial charge on any atom is -0.495 e. The summed E-state index contributed by atoms with van der Waals surface area (Å²) in [5, 5.41) is 5.98. The molecule has 0 saturated heterocycles. The zero-order valence-corrected chi connectivity index (χ0v) is 11.2. The van der Waals surface area contributed by atoms with Crippen molar-refractivity contribution in [3.05, 3.63) is 24.3 Å². The first-order chi connectivity index (χ1) is 9.26. The summed E-state index contributed by atoms with van der Waals surface area (Å²) in [5.41, 5.74) is 0.714. The number of para-hydroxylation sites is 2. The molecule has 4 heteroatoms. The normalized spacial score (nSPS) is 28.2. The molecular weight excluding hydrogens is 240 g/mol. The summed E-state index contributed by atoms with van der Waals surface area (Å²) < 4.78 is 5.22. The first-order valence-electron chi connectivity index (χ1n) is 6.97. The van der Waals surface area contributed by atoms with Gasteiger partial charge >= 0.3 is 6.03 Å². The molecule has 2 aliphatic carbocycles. The van der Waals surface area contributed by atoms with Crippen molar-refractivity contribution in [2.45, 2.75) is 31.7 Å². The number of anilines is 1. The number of carbonyl (C=O) groups is 1. The average Bonchev–Trinajstić information content (AvgIpc) is 3.01. The molecule has 0 spiro atoms. The van der Waals surface area contributed by atoms with Crippen LogP contribution in [-0.2, 0) is 0 Å². The SMILES string of the molecule is COc1ccccc1NC(=O)N[C@H]1C[C@@H]2CC[C@@H]1C2. The number of nitrogens with one attached hydrogen (secondary N) is 2. The molecule has 2 saturated carbocycles. The maximum atomic E-state index is 12.0. The highest BCUT2D eigenvalue weighted by Gasteiger charge is 2.40. The Kier molecular flexibility index (Phi) is 3.32. The first kappa shape index (κ1) is 12.3. The number of methoxy groups -OCH3 is 1. The van der Waals surface area contributed by atoms with Gasteiger partial charge in [0.1, 0.15) is 5.75 Å². The van der Waals surface area contributed by atoms with Crippen molar-refractivity contribution in [1.82, 2.24) is 5.32 Å². The van der Waals surface area contributed by atoms with Gasteiger partial charge in [-0.3, -0.25) is 0 Å². The lowest BCUT2D eigenvalue weighted by Crippen LogP contribution is -2.41. The number of rotatable bonds is 3. The van der Waals surface area contributed by atoms with Gasteiger partial charge in [0.15, 0.2) is 0 Å². The number of benzene rings is 1. The van der Waals surface area contributed by atoms with Crippen molar-refractivity contribution < 1.29 is 9.53 Å².